The number of ether oxygens (including phenoxy) is 1. The van der Waals surface area contributed by atoms with Gasteiger partial charge in [-0.1, -0.05) is 30.3 Å². The summed E-state index contributed by atoms with van der Waals surface area (Å²) in [4.78, 5) is 4.71. The van der Waals surface area contributed by atoms with Crippen LogP contribution in [0.25, 0.3) is 10.9 Å². The van der Waals surface area contributed by atoms with Crippen LogP contribution in [-0.4, -0.2) is 26.8 Å². The molecule has 0 saturated heterocycles. The summed E-state index contributed by atoms with van der Waals surface area (Å²) in [6.07, 6.45) is 1.21. The number of methoxy groups -OCH3 is 1. The Labute approximate surface area is 141 Å². The molecule has 6 heteroatoms. The number of anilines is 1. The lowest BCUT2D eigenvalue weighted by Crippen LogP contribution is -2.07. The molecular formula is C18H18N2O3S. The molecule has 0 aliphatic rings. The van der Waals surface area contributed by atoms with Crippen LogP contribution >= 0.6 is 0 Å². The number of sulfone groups is 1. The summed E-state index contributed by atoms with van der Waals surface area (Å²) in [6.45, 7) is 0.464. The lowest BCUT2D eigenvalue weighted by molar-refractivity contribution is 0.399. The van der Waals surface area contributed by atoms with E-state index in [4.69, 9.17) is 4.74 Å². The van der Waals surface area contributed by atoms with Crippen LogP contribution in [0.2, 0.25) is 0 Å². The smallest absolute Gasteiger partial charge is 0.213 e. The number of aromatic nitrogens is 1. The Bertz CT molecular complexity index is 984. The number of hydrogen-bond donors (Lipinski definition) is 1. The van der Waals surface area contributed by atoms with Crippen LogP contribution in [0.15, 0.2) is 59.5 Å². The van der Waals surface area contributed by atoms with Gasteiger partial charge in [-0.3, -0.25) is 0 Å². The maximum Gasteiger partial charge on any atom is 0.213 e. The molecule has 0 bridgehead atoms. The molecule has 1 heterocycles. The average molecular weight is 342 g/mol. The number of nitrogens with zero attached hydrogens (tertiary/aromatic N) is 1. The molecule has 3 rings (SSSR count). The molecule has 1 N–H and O–H groups in total. The van der Waals surface area contributed by atoms with E-state index in [1.54, 1.807) is 25.3 Å². The van der Waals surface area contributed by atoms with E-state index in [1.165, 1.54) is 6.26 Å². The van der Waals surface area contributed by atoms with Gasteiger partial charge in [0, 0.05) is 24.3 Å². The van der Waals surface area contributed by atoms with E-state index in [1.807, 2.05) is 36.4 Å². The number of benzene rings is 2. The molecule has 0 amide bonds. The van der Waals surface area contributed by atoms with E-state index in [0.717, 1.165) is 16.5 Å². The molecule has 124 valence electrons. The first-order valence-electron chi connectivity index (χ1n) is 7.44. The van der Waals surface area contributed by atoms with Crippen molar-refractivity contribution >= 4 is 26.4 Å². The SMILES string of the molecule is COc1cc(CNc2ccccc2S(C)(=O)=O)c2ccccc2n1. The van der Waals surface area contributed by atoms with Gasteiger partial charge in [-0.05, 0) is 23.8 Å². The van der Waals surface area contributed by atoms with Crippen molar-refractivity contribution in [2.24, 2.45) is 0 Å². The summed E-state index contributed by atoms with van der Waals surface area (Å²) in [7, 11) is -1.72. The van der Waals surface area contributed by atoms with Crippen LogP contribution in [0, 0.1) is 0 Å². The van der Waals surface area contributed by atoms with Crippen molar-refractivity contribution in [3.63, 3.8) is 0 Å². The first-order valence-corrected chi connectivity index (χ1v) is 9.34. The molecule has 0 aliphatic carbocycles. The van der Waals surface area contributed by atoms with Crippen molar-refractivity contribution in [3.8, 4) is 5.88 Å². The summed E-state index contributed by atoms with van der Waals surface area (Å²) < 4.78 is 29.1. The highest BCUT2D eigenvalue weighted by atomic mass is 32.2. The van der Waals surface area contributed by atoms with Gasteiger partial charge in [0.2, 0.25) is 5.88 Å². The molecule has 0 spiro atoms. The second kappa shape index (κ2) is 6.49. The van der Waals surface area contributed by atoms with Crippen molar-refractivity contribution in [2.45, 2.75) is 11.4 Å². The molecule has 0 unspecified atom stereocenters. The molecular weight excluding hydrogens is 324 g/mol. The predicted octanol–water partition coefficient (Wildman–Crippen LogP) is 3.26. The van der Waals surface area contributed by atoms with Crippen molar-refractivity contribution in [1.29, 1.82) is 0 Å². The average Bonchev–Trinajstić information content (AvgIpc) is 2.58. The van der Waals surface area contributed by atoms with Crippen molar-refractivity contribution < 1.29 is 13.2 Å². The van der Waals surface area contributed by atoms with Crippen molar-refractivity contribution in [1.82, 2.24) is 4.98 Å². The Kier molecular flexibility index (Phi) is 4.40. The number of rotatable bonds is 5. The molecule has 0 aliphatic heterocycles. The summed E-state index contributed by atoms with van der Waals surface area (Å²) in [5.74, 6) is 0.530. The zero-order valence-corrected chi connectivity index (χ0v) is 14.3. The van der Waals surface area contributed by atoms with Crippen molar-refractivity contribution in [3.05, 3.63) is 60.2 Å². The molecule has 0 saturated carbocycles. The van der Waals surface area contributed by atoms with Gasteiger partial charge in [0.1, 0.15) is 0 Å². The van der Waals surface area contributed by atoms with Gasteiger partial charge in [-0.2, -0.15) is 0 Å². The minimum Gasteiger partial charge on any atom is -0.481 e. The zero-order valence-electron chi connectivity index (χ0n) is 13.5. The second-order valence-electron chi connectivity index (χ2n) is 5.46. The number of hydrogen-bond acceptors (Lipinski definition) is 5. The largest absolute Gasteiger partial charge is 0.481 e. The fourth-order valence-electron chi connectivity index (χ4n) is 2.60. The van der Waals surface area contributed by atoms with Gasteiger partial charge < -0.3 is 10.1 Å². The standard InChI is InChI=1S/C18H18N2O3S/c1-23-18-11-13(14-7-3-4-8-15(14)20-18)12-19-16-9-5-6-10-17(16)24(2,21)22/h3-11,19H,12H2,1-2H3. The third kappa shape index (κ3) is 3.33. The highest BCUT2D eigenvalue weighted by Gasteiger charge is 2.13. The minimum atomic E-state index is -3.29. The van der Waals surface area contributed by atoms with Crippen LogP contribution in [0.1, 0.15) is 5.56 Å². The van der Waals surface area contributed by atoms with Gasteiger partial charge in [0.05, 0.1) is 23.2 Å². The summed E-state index contributed by atoms with van der Waals surface area (Å²) >= 11 is 0. The predicted molar refractivity (Wildman–Crippen MR) is 95.2 cm³/mol. The normalized spacial score (nSPS) is 11.4. The van der Waals surface area contributed by atoms with E-state index >= 15 is 0 Å². The molecule has 24 heavy (non-hydrogen) atoms. The van der Waals surface area contributed by atoms with Crippen LogP contribution in [0.4, 0.5) is 5.69 Å². The fraction of sp³-hybridized carbons (Fsp3) is 0.167. The van der Waals surface area contributed by atoms with Gasteiger partial charge >= 0.3 is 0 Å². The highest BCUT2D eigenvalue weighted by Crippen LogP contribution is 2.25. The first-order chi connectivity index (χ1) is 11.5. The molecule has 2 aromatic carbocycles. The topological polar surface area (TPSA) is 68.3 Å². The Morgan fingerprint density at radius 3 is 2.54 bits per heavy atom. The number of pyridine rings is 1. The van der Waals surface area contributed by atoms with E-state index in [9.17, 15) is 8.42 Å². The number of nitrogens with one attached hydrogen (secondary N) is 1. The van der Waals surface area contributed by atoms with Crippen LogP contribution in [-0.2, 0) is 16.4 Å². The minimum absolute atomic E-state index is 0.287. The third-order valence-corrected chi connectivity index (χ3v) is 4.90. The summed E-state index contributed by atoms with van der Waals surface area (Å²) in [5, 5.41) is 4.22. The highest BCUT2D eigenvalue weighted by molar-refractivity contribution is 7.90. The van der Waals surface area contributed by atoms with Crippen LogP contribution < -0.4 is 10.1 Å². The maximum absolute atomic E-state index is 11.9. The molecule has 3 aromatic rings. The van der Waals surface area contributed by atoms with Gasteiger partial charge in [-0.25, -0.2) is 13.4 Å². The number of fused-ring (bicyclic) bond motifs is 1. The Balaban J connectivity index is 1.98. The van der Waals surface area contributed by atoms with Gasteiger partial charge in [-0.15, -0.1) is 0 Å². The Morgan fingerprint density at radius 2 is 1.79 bits per heavy atom. The molecule has 0 atom stereocenters. The van der Waals surface area contributed by atoms with E-state index in [-0.39, 0.29) is 4.90 Å². The van der Waals surface area contributed by atoms with Gasteiger partial charge in [0.15, 0.2) is 9.84 Å². The van der Waals surface area contributed by atoms with E-state index in [0.29, 0.717) is 18.1 Å². The lowest BCUT2D eigenvalue weighted by Gasteiger charge is -2.13. The van der Waals surface area contributed by atoms with Crippen LogP contribution in [0.3, 0.4) is 0 Å². The fourth-order valence-corrected chi connectivity index (χ4v) is 3.46. The number of para-hydroxylation sites is 2. The van der Waals surface area contributed by atoms with E-state index in [2.05, 4.69) is 10.3 Å². The monoisotopic (exact) mass is 342 g/mol. The van der Waals surface area contributed by atoms with Gasteiger partial charge in [0.25, 0.3) is 0 Å². The third-order valence-electron chi connectivity index (χ3n) is 3.74. The quantitative estimate of drug-likeness (QED) is 0.771. The second-order valence-corrected chi connectivity index (χ2v) is 7.45. The molecule has 0 fully saturated rings. The van der Waals surface area contributed by atoms with Crippen molar-refractivity contribution in [2.75, 3.05) is 18.7 Å². The molecule has 1 aromatic heterocycles. The first kappa shape index (κ1) is 16.3. The Morgan fingerprint density at radius 1 is 1.08 bits per heavy atom. The maximum atomic E-state index is 11.9. The van der Waals surface area contributed by atoms with Crippen LogP contribution in [0.5, 0.6) is 5.88 Å². The molecule has 5 nitrogen and oxygen atoms in total. The lowest BCUT2D eigenvalue weighted by atomic mass is 10.1. The summed E-state index contributed by atoms with van der Waals surface area (Å²) in [5.41, 5.74) is 2.41. The summed E-state index contributed by atoms with van der Waals surface area (Å²) in [6, 6.07) is 16.5. The zero-order chi connectivity index (χ0) is 17.2. The van der Waals surface area contributed by atoms with E-state index < -0.39 is 9.84 Å². The molecule has 0 radical (unpaired) electrons. The Hall–Kier alpha value is -2.60.